The molecule has 0 saturated carbocycles. The van der Waals surface area contributed by atoms with Crippen molar-refractivity contribution >= 4 is 24.5 Å². The molecule has 0 saturated heterocycles. The van der Waals surface area contributed by atoms with Crippen molar-refractivity contribution in [2.45, 2.75) is 25.8 Å². The standard InChI is InChI=1S/C23H29N3O5.ClH/c1-23(2)12-15-10-17(27-3)18(28-4)11-16(15)22(25-23)26-24-13-14-8-19(29-5)21(31-7)20(9-14)30-6;/h8-11,13H,12H2,1-7H3,(H,25,26);1H. The number of halogens is 1. The summed E-state index contributed by atoms with van der Waals surface area (Å²) in [5, 5.41) is 4.40. The third-order valence-corrected chi connectivity index (χ3v) is 4.97. The molecule has 1 N–H and O–H groups in total. The summed E-state index contributed by atoms with van der Waals surface area (Å²) < 4.78 is 27.1. The van der Waals surface area contributed by atoms with Crippen LogP contribution in [0.3, 0.4) is 0 Å². The quantitative estimate of drug-likeness (QED) is 0.496. The van der Waals surface area contributed by atoms with Crippen molar-refractivity contribution in [1.29, 1.82) is 0 Å². The average molecular weight is 464 g/mol. The molecule has 1 heterocycles. The van der Waals surface area contributed by atoms with E-state index in [0.29, 0.717) is 34.6 Å². The van der Waals surface area contributed by atoms with E-state index in [2.05, 4.69) is 24.4 Å². The second-order valence-electron chi connectivity index (χ2n) is 7.64. The summed E-state index contributed by atoms with van der Waals surface area (Å²) in [7, 11) is 7.97. The number of ether oxygens (including phenoxy) is 5. The Kier molecular flexibility index (Phi) is 8.21. The summed E-state index contributed by atoms with van der Waals surface area (Å²) in [5.41, 5.74) is 5.63. The molecule has 0 radical (unpaired) electrons. The van der Waals surface area contributed by atoms with Crippen LogP contribution in [0.15, 0.2) is 34.4 Å². The number of nitrogens with zero attached hydrogens (tertiary/aromatic N) is 2. The second kappa shape index (κ2) is 10.5. The molecule has 0 spiro atoms. The van der Waals surface area contributed by atoms with Crippen LogP contribution in [0.4, 0.5) is 0 Å². The van der Waals surface area contributed by atoms with E-state index in [0.717, 1.165) is 23.1 Å². The summed E-state index contributed by atoms with van der Waals surface area (Å²) >= 11 is 0. The molecular weight excluding hydrogens is 434 g/mol. The van der Waals surface area contributed by atoms with Crippen LogP contribution in [-0.2, 0) is 6.42 Å². The topological polar surface area (TPSA) is 82.9 Å². The Balaban J connectivity index is 0.00000363. The lowest BCUT2D eigenvalue weighted by molar-refractivity contribution is 0.324. The molecule has 8 nitrogen and oxygen atoms in total. The van der Waals surface area contributed by atoms with Crippen LogP contribution in [0.1, 0.15) is 30.5 Å². The molecule has 9 heteroatoms. The summed E-state index contributed by atoms with van der Waals surface area (Å²) in [4.78, 5) is 4.84. The second-order valence-corrected chi connectivity index (χ2v) is 7.64. The Morgan fingerprint density at radius 3 is 1.94 bits per heavy atom. The first-order chi connectivity index (χ1) is 14.8. The van der Waals surface area contributed by atoms with Crippen LogP contribution in [-0.4, -0.2) is 53.1 Å². The molecule has 0 unspecified atom stereocenters. The normalized spacial score (nSPS) is 14.0. The summed E-state index contributed by atoms with van der Waals surface area (Å²) in [6, 6.07) is 7.56. The van der Waals surface area contributed by atoms with Crippen molar-refractivity contribution in [2.75, 3.05) is 35.5 Å². The first-order valence-corrected chi connectivity index (χ1v) is 9.80. The Morgan fingerprint density at radius 2 is 1.41 bits per heavy atom. The summed E-state index contributed by atoms with van der Waals surface area (Å²) in [6.45, 7) is 4.16. The molecule has 174 valence electrons. The maximum atomic E-state index is 5.46. The molecule has 0 amide bonds. The predicted molar refractivity (Wildman–Crippen MR) is 128 cm³/mol. The van der Waals surface area contributed by atoms with Gasteiger partial charge in [-0.15, -0.1) is 12.4 Å². The molecule has 0 fully saturated rings. The van der Waals surface area contributed by atoms with Gasteiger partial charge in [0, 0.05) is 11.1 Å². The highest BCUT2D eigenvalue weighted by Crippen LogP contribution is 2.38. The van der Waals surface area contributed by atoms with Crippen LogP contribution < -0.4 is 29.1 Å². The van der Waals surface area contributed by atoms with Crippen molar-refractivity contribution in [2.24, 2.45) is 10.1 Å². The summed E-state index contributed by atoms with van der Waals surface area (Å²) in [5.74, 6) is 3.64. The average Bonchev–Trinajstić information content (AvgIpc) is 2.76. The minimum atomic E-state index is -0.281. The minimum absolute atomic E-state index is 0. The van der Waals surface area contributed by atoms with E-state index >= 15 is 0 Å². The highest BCUT2D eigenvalue weighted by molar-refractivity contribution is 6.02. The van der Waals surface area contributed by atoms with Gasteiger partial charge in [0.1, 0.15) is 5.84 Å². The lowest BCUT2D eigenvalue weighted by atomic mass is 9.88. The van der Waals surface area contributed by atoms with Crippen LogP contribution in [0, 0.1) is 0 Å². The van der Waals surface area contributed by atoms with Gasteiger partial charge in [0.05, 0.1) is 47.3 Å². The minimum Gasteiger partial charge on any atom is -0.493 e. The fraction of sp³-hybridized carbons (Fsp3) is 0.391. The summed E-state index contributed by atoms with van der Waals surface area (Å²) in [6.07, 6.45) is 2.46. The molecule has 0 aliphatic carbocycles. The molecule has 0 aromatic heterocycles. The van der Waals surface area contributed by atoms with Crippen LogP contribution >= 0.6 is 12.4 Å². The van der Waals surface area contributed by atoms with Gasteiger partial charge in [-0.2, -0.15) is 5.10 Å². The Labute approximate surface area is 195 Å². The molecule has 3 rings (SSSR count). The molecule has 0 atom stereocenters. The van der Waals surface area contributed by atoms with Gasteiger partial charge in [-0.25, -0.2) is 0 Å². The van der Waals surface area contributed by atoms with Crippen molar-refractivity contribution in [3.8, 4) is 28.7 Å². The Hall–Kier alpha value is -3.13. The van der Waals surface area contributed by atoms with Gasteiger partial charge < -0.3 is 23.7 Å². The first-order valence-electron chi connectivity index (χ1n) is 9.80. The molecule has 1 aliphatic heterocycles. The van der Waals surface area contributed by atoms with E-state index in [1.807, 2.05) is 24.3 Å². The van der Waals surface area contributed by atoms with Crippen LogP contribution in [0.25, 0.3) is 0 Å². The smallest absolute Gasteiger partial charge is 0.203 e. The number of hydrazone groups is 1. The predicted octanol–water partition coefficient (Wildman–Crippen LogP) is 3.86. The number of hydrogen-bond acceptors (Lipinski definition) is 8. The van der Waals surface area contributed by atoms with Crippen molar-refractivity contribution < 1.29 is 23.7 Å². The molecule has 1 aliphatic rings. The van der Waals surface area contributed by atoms with Gasteiger partial charge >= 0.3 is 0 Å². The third-order valence-electron chi connectivity index (χ3n) is 4.97. The van der Waals surface area contributed by atoms with Gasteiger partial charge in [0.15, 0.2) is 23.0 Å². The number of aliphatic imine (C=N–C) groups is 1. The van der Waals surface area contributed by atoms with Gasteiger partial charge in [-0.05, 0) is 50.1 Å². The van der Waals surface area contributed by atoms with Crippen LogP contribution in [0.5, 0.6) is 28.7 Å². The van der Waals surface area contributed by atoms with Crippen molar-refractivity contribution in [3.05, 3.63) is 41.0 Å². The zero-order valence-electron chi connectivity index (χ0n) is 19.4. The lowest BCUT2D eigenvalue weighted by Gasteiger charge is -2.29. The zero-order valence-corrected chi connectivity index (χ0v) is 20.3. The number of rotatable bonds is 7. The molecule has 32 heavy (non-hydrogen) atoms. The van der Waals surface area contributed by atoms with Gasteiger partial charge in [-0.3, -0.25) is 10.4 Å². The number of benzene rings is 2. The highest BCUT2D eigenvalue weighted by Gasteiger charge is 2.28. The number of hydrogen-bond donors (Lipinski definition) is 1. The number of methoxy groups -OCH3 is 5. The molecular formula is C23H30ClN3O5. The maximum absolute atomic E-state index is 5.46. The number of fused-ring (bicyclic) bond motifs is 1. The first kappa shape index (κ1) is 25.1. The van der Waals surface area contributed by atoms with Gasteiger partial charge in [0.25, 0.3) is 0 Å². The number of amidine groups is 1. The monoisotopic (exact) mass is 463 g/mol. The highest BCUT2D eigenvalue weighted by atomic mass is 35.5. The lowest BCUT2D eigenvalue weighted by Crippen LogP contribution is -2.34. The largest absolute Gasteiger partial charge is 0.493 e. The molecule has 2 aromatic carbocycles. The van der Waals surface area contributed by atoms with E-state index in [-0.39, 0.29) is 17.9 Å². The fourth-order valence-corrected chi connectivity index (χ4v) is 3.59. The van der Waals surface area contributed by atoms with E-state index in [1.165, 1.54) is 0 Å². The van der Waals surface area contributed by atoms with Crippen molar-refractivity contribution in [3.63, 3.8) is 0 Å². The molecule has 0 bridgehead atoms. The van der Waals surface area contributed by atoms with E-state index in [4.69, 9.17) is 28.7 Å². The molecule has 2 aromatic rings. The van der Waals surface area contributed by atoms with Crippen LogP contribution in [0.2, 0.25) is 0 Å². The van der Waals surface area contributed by atoms with Gasteiger partial charge in [0.2, 0.25) is 5.75 Å². The maximum Gasteiger partial charge on any atom is 0.203 e. The Morgan fingerprint density at radius 1 is 0.844 bits per heavy atom. The third kappa shape index (κ3) is 5.19. The van der Waals surface area contributed by atoms with E-state index in [9.17, 15) is 0 Å². The zero-order chi connectivity index (χ0) is 22.6. The fourth-order valence-electron chi connectivity index (χ4n) is 3.59. The Bertz CT molecular complexity index is 996. The number of nitrogens with one attached hydrogen (secondary N) is 1. The van der Waals surface area contributed by atoms with E-state index in [1.54, 1.807) is 41.8 Å². The van der Waals surface area contributed by atoms with Crippen molar-refractivity contribution in [1.82, 2.24) is 5.43 Å². The SMILES string of the molecule is COc1cc2c(cc1OC)C(NN=Cc1cc(OC)c(OC)c(OC)c1)=NC(C)(C)C2.Cl. The van der Waals surface area contributed by atoms with E-state index < -0.39 is 0 Å². The van der Waals surface area contributed by atoms with Gasteiger partial charge in [-0.1, -0.05) is 0 Å².